The number of unbranched alkanes of at least 4 members (excludes halogenated alkanes) is 1. The molecule has 0 aliphatic carbocycles. The van der Waals surface area contributed by atoms with E-state index in [4.69, 9.17) is 9.57 Å². The summed E-state index contributed by atoms with van der Waals surface area (Å²) in [7, 11) is 3.03. The quantitative estimate of drug-likeness (QED) is 0.465. The van der Waals surface area contributed by atoms with Gasteiger partial charge < -0.3 is 4.74 Å². The van der Waals surface area contributed by atoms with Gasteiger partial charge in [0.1, 0.15) is 6.10 Å². The van der Waals surface area contributed by atoms with Gasteiger partial charge in [0.15, 0.2) is 0 Å². The van der Waals surface area contributed by atoms with E-state index in [2.05, 4.69) is 6.92 Å². The molecule has 4 nitrogen and oxygen atoms in total. The van der Waals surface area contributed by atoms with Crippen LogP contribution in [0.5, 0.6) is 0 Å². The average molecular weight is 189 g/mol. The van der Waals surface area contributed by atoms with Crippen molar-refractivity contribution in [1.29, 1.82) is 0 Å². The van der Waals surface area contributed by atoms with Gasteiger partial charge in [-0.15, -0.1) is 0 Å². The van der Waals surface area contributed by atoms with E-state index in [1.54, 1.807) is 14.0 Å². The van der Waals surface area contributed by atoms with Crippen LogP contribution in [0, 0.1) is 0 Å². The minimum Gasteiger partial charge on any atom is -0.369 e. The summed E-state index contributed by atoms with van der Waals surface area (Å²) in [6.45, 7) is 4.44. The van der Waals surface area contributed by atoms with Gasteiger partial charge in [0.05, 0.1) is 7.11 Å². The van der Waals surface area contributed by atoms with Gasteiger partial charge in [-0.25, -0.2) is 5.06 Å². The van der Waals surface area contributed by atoms with E-state index in [0.29, 0.717) is 6.61 Å². The second-order valence-electron chi connectivity index (χ2n) is 2.88. The summed E-state index contributed by atoms with van der Waals surface area (Å²) in [4.78, 5) is 16.1. The second-order valence-corrected chi connectivity index (χ2v) is 2.88. The fourth-order valence-corrected chi connectivity index (χ4v) is 0.822. The van der Waals surface area contributed by atoms with Gasteiger partial charge in [-0.2, -0.15) is 0 Å². The monoisotopic (exact) mass is 189 g/mol. The summed E-state index contributed by atoms with van der Waals surface area (Å²) in [5.41, 5.74) is 0. The molecule has 0 aliphatic rings. The largest absolute Gasteiger partial charge is 0.369 e. The molecular weight excluding hydrogens is 170 g/mol. The maximum atomic E-state index is 11.3. The van der Waals surface area contributed by atoms with Crippen LogP contribution in [-0.4, -0.2) is 37.8 Å². The van der Waals surface area contributed by atoms with E-state index in [0.717, 1.165) is 12.8 Å². The first kappa shape index (κ1) is 12.4. The van der Waals surface area contributed by atoms with Crippen LogP contribution in [0.2, 0.25) is 0 Å². The summed E-state index contributed by atoms with van der Waals surface area (Å²) in [6, 6.07) is 0. The molecule has 1 atom stereocenters. The van der Waals surface area contributed by atoms with E-state index in [1.165, 1.54) is 12.2 Å². The highest BCUT2D eigenvalue weighted by molar-refractivity contribution is 5.79. The number of nitrogens with zero attached hydrogens (tertiary/aromatic N) is 1. The third-order valence-corrected chi connectivity index (χ3v) is 1.80. The lowest BCUT2D eigenvalue weighted by Crippen LogP contribution is -2.35. The van der Waals surface area contributed by atoms with Crippen LogP contribution in [0.3, 0.4) is 0 Å². The van der Waals surface area contributed by atoms with Gasteiger partial charge in [-0.3, -0.25) is 9.63 Å². The molecule has 0 aromatic rings. The molecule has 0 unspecified atom stereocenters. The topological polar surface area (TPSA) is 38.8 Å². The molecule has 0 radical (unpaired) electrons. The Morgan fingerprint density at radius 2 is 2.15 bits per heavy atom. The van der Waals surface area contributed by atoms with Crippen LogP contribution in [0.1, 0.15) is 26.7 Å². The molecule has 78 valence electrons. The molecule has 4 heteroatoms. The molecule has 0 aromatic heterocycles. The van der Waals surface area contributed by atoms with Crippen LogP contribution in [-0.2, 0) is 14.4 Å². The Morgan fingerprint density at radius 3 is 2.62 bits per heavy atom. The Bertz CT molecular complexity index is 150. The van der Waals surface area contributed by atoms with Gasteiger partial charge in [-0.05, 0) is 13.3 Å². The van der Waals surface area contributed by atoms with Crippen molar-refractivity contribution >= 4 is 5.91 Å². The fourth-order valence-electron chi connectivity index (χ4n) is 0.822. The summed E-state index contributed by atoms with van der Waals surface area (Å²) >= 11 is 0. The van der Waals surface area contributed by atoms with Gasteiger partial charge in [0.2, 0.25) is 0 Å². The Labute approximate surface area is 79.8 Å². The van der Waals surface area contributed by atoms with Crippen molar-refractivity contribution in [2.45, 2.75) is 32.8 Å². The van der Waals surface area contributed by atoms with Gasteiger partial charge in [0, 0.05) is 13.7 Å². The lowest BCUT2D eigenvalue weighted by Gasteiger charge is -2.18. The molecule has 0 heterocycles. The highest BCUT2D eigenvalue weighted by Crippen LogP contribution is 1.99. The molecule has 1 amide bonds. The molecular formula is C9H19NO3. The van der Waals surface area contributed by atoms with Crippen LogP contribution in [0.25, 0.3) is 0 Å². The highest BCUT2D eigenvalue weighted by Gasteiger charge is 2.17. The van der Waals surface area contributed by atoms with Crippen molar-refractivity contribution in [1.82, 2.24) is 5.06 Å². The van der Waals surface area contributed by atoms with Crippen molar-refractivity contribution in [3.05, 3.63) is 0 Å². The smallest absolute Gasteiger partial charge is 0.274 e. The van der Waals surface area contributed by atoms with Crippen molar-refractivity contribution in [2.24, 2.45) is 0 Å². The predicted octanol–water partition coefficient (Wildman–Crippen LogP) is 1.21. The maximum Gasteiger partial charge on any atom is 0.274 e. The Hall–Kier alpha value is -0.610. The van der Waals surface area contributed by atoms with Gasteiger partial charge in [0.25, 0.3) is 5.91 Å². The average Bonchev–Trinajstić information content (AvgIpc) is 2.15. The zero-order chi connectivity index (χ0) is 10.3. The normalized spacial score (nSPS) is 12.6. The van der Waals surface area contributed by atoms with E-state index >= 15 is 0 Å². The molecule has 0 aromatic carbocycles. The molecule has 0 rings (SSSR count). The van der Waals surface area contributed by atoms with E-state index in [1.807, 2.05) is 0 Å². The molecule has 0 N–H and O–H groups in total. The highest BCUT2D eigenvalue weighted by atomic mass is 16.7. The number of amides is 1. The van der Waals surface area contributed by atoms with Crippen molar-refractivity contribution in [2.75, 3.05) is 20.8 Å². The number of hydrogen-bond acceptors (Lipinski definition) is 3. The van der Waals surface area contributed by atoms with Crippen LogP contribution < -0.4 is 0 Å². The molecule has 0 saturated heterocycles. The van der Waals surface area contributed by atoms with Crippen molar-refractivity contribution in [3.63, 3.8) is 0 Å². The number of hydrogen-bond donors (Lipinski definition) is 0. The lowest BCUT2D eigenvalue weighted by atomic mass is 10.3. The second kappa shape index (κ2) is 6.86. The molecule has 0 bridgehead atoms. The van der Waals surface area contributed by atoms with Crippen molar-refractivity contribution in [3.8, 4) is 0 Å². The predicted molar refractivity (Wildman–Crippen MR) is 50.1 cm³/mol. The summed E-state index contributed by atoms with van der Waals surface area (Å²) in [5, 5.41) is 1.18. The minimum atomic E-state index is -0.420. The van der Waals surface area contributed by atoms with Crippen LogP contribution >= 0.6 is 0 Å². The van der Waals surface area contributed by atoms with Gasteiger partial charge in [-0.1, -0.05) is 13.3 Å². The SMILES string of the molecule is CCCCO[C@@H](C)C(=O)N(C)OC. The molecule has 0 fully saturated rings. The Balaban J connectivity index is 3.69. The number of hydroxylamine groups is 2. The zero-order valence-electron chi connectivity index (χ0n) is 8.87. The fraction of sp³-hybridized carbons (Fsp3) is 0.889. The van der Waals surface area contributed by atoms with E-state index in [9.17, 15) is 4.79 Å². The Morgan fingerprint density at radius 1 is 1.54 bits per heavy atom. The van der Waals surface area contributed by atoms with Crippen LogP contribution in [0.4, 0.5) is 0 Å². The van der Waals surface area contributed by atoms with E-state index < -0.39 is 6.10 Å². The Kier molecular flexibility index (Phi) is 6.54. The first-order chi connectivity index (χ1) is 6.13. The van der Waals surface area contributed by atoms with E-state index in [-0.39, 0.29) is 5.91 Å². The molecule has 0 spiro atoms. The summed E-state index contributed by atoms with van der Waals surface area (Å²) in [6.07, 6.45) is 1.63. The van der Waals surface area contributed by atoms with Crippen molar-refractivity contribution < 1.29 is 14.4 Å². The molecule has 0 saturated carbocycles. The minimum absolute atomic E-state index is 0.154. The first-order valence-corrected chi connectivity index (χ1v) is 4.56. The third kappa shape index (κ3) is 4.85. The number of carbonyl (C=O) groups excluding carboxylic acids is 1. The van der Waals surface area contributed by atoms with Gasteiger partial charge >= 0.3 is 0 Å². The number of ether oxygens (including phenoxy) is 1. The number of rotatable bonds is 6. The summed E-state index contributed by atoms with van der Waals surface area (Å²) in [5.74, 6) is -0.154. The molecule has 0 aliphatic heterocycles. The van der Waals surface area contributed by atoms with Crippen LogP contribution in [0.15, 0.2) is 0 Å². The molecule has 13 heavy (non-hydrogen) atoms. The zero-order valence-corrected chi connectivity index (χ0v) is 8.87. The number of likely N-dealkylation sites (N-methyl/N-ethyl adjacent to an activating group) is 1. The third-order valence-electron chi connectivity index (χ3n) is 1.80. The summed E-state index contributed by atoms with van der Waals surface area (Å²) < 4.78 is 5.30. The maximum absolute atomic E-state index is 11.3. The number of carbonyl (C=O) groups is 1. The lowest BCUT2D eigenvalue weighted by molar-refractivity contribution is -0.179. The first-order valence-electron chi connectivity index (χ1n) is 4.56. The standard InChI is InChI=1S/C9H19NO3/c1-5-6-7-13-8(2)9(11)10(3)12-4/h8H,5-7H2,1-4H3/t8-/m0/s1.